The molecular weight excluding hydrogens is 654 g/mol. The van der Waals surface area contributed by atoms with Crippen LogP contribution in [0.3, 0.4) is 0 Å². The molecule has 4 aromatic rings. The van der Waals surface area contributed by atoms with E-state index in [4.69, 9.17) is 20.7 Å². The Labute approximate surface area is 297 Å². The van der Waals surface area contributed by atoms with Gasteiger partial charge in [0.25, 0.3) is 0 Å². The second-order valence-electron chi connectivity index (χ2n) is 13.5. The highest BCUT2D eigenvalue weighted by Crippen LogP contribution is 2.23. The Kier molecular flexibility index (Phi) is 13.1. The number of phenols is 1. The number of aromatic nitrogens is 4. The molecule has 0 bridgehead atoms. The summed E-state index contributed by atoms with van der Waals surface area (Å²) in [6.45, 7) is 9.56. The standard InChI is InChI=1S/C36H49N9O6/c1-22-18-25(46)19-23(2)26(22)21-29(42-31(47)27(37)12-9-16-45-17-15-39-34(45)38)32(48)41-28(13-14-40-35(49)50-36(3,4)5)33-43-30(44-51-33)20-24-10-7-6-8-11-24/h6-8,10-11,15,17-19,27-29,46H,9,12-14,16,20-21,37H2,1-5H3,(H2,38,39)(H,40,49)(H,41,48)(H,42,47)/t27-,28+,29+/m1/s1. The molecule has 0 spiro atoms. The van der Waals surface area contributed by atoms with Crippen molar-refractivity contribution in [3.63, 3.8) is 0 Å². The minimum Gasteiger partial charge on any atom is -0.508 e. The Morgan fingerprint density at radius 1 is 1.04 bits per heavy atom. The zero-order chi connectivity index (χ0) is 37.1. The first-order chi connectivity index (χ1) is 24.2. The molecule has 0 aliphatic carbocycles. The number of nitrogens with two attached hydrogens (primary N) is 2. The number of anilines is 1. The van der Waals surface area contributed by atoms with Gasteiger partial charge in [-0.1, -0.05) is 35.5 Å². The molecule has 2 aromatic heterocycles. The number of carbonyl (C=O) groups excluding carboxylic acids is 3. The molecule has 3 atom stereocenters. The van der Waals surface area contributed by atoms with E-state index in [9.17, 15) is 19.5 Å². The number of aryl methyl sites for hydroxylation is 3. The van der Waals surface area contributed by atoms with Gasteiger partial charge in [0.15, 0.2) is 11.8 Å². The average Bonchev–Trinajstić information content (AvgIpc) is 3.69. The zero-order valence-electron chi connectivity index (χ0n) is 29.8. The fourth-order valence-electron chi connectivity index (χ4n) is 5.55. The summed E-state index contributed by atoms with van der Waals surface area (Å²) in [5.41, 5.74) is 14.7. The van der Waals surface area contributed by atoms with Crippen LogP contribution in [-0.2, 0) is 33.7 Å². The molecule has 15 heteroatoms. The predicted octanol–water partition coefficient (Wildman–Crippen LogP) is 3.37. The number of benzene rings is 2. The van der Waals surface area contributed by atoms with Crippen LogP contribution in [0.4, 0.5) is 10.7 Å². The SMILES string of the molecule is Cc1cc(O)cc(C)c1C[C@H](NC(=O)[C@H](N)CCCn1ccnc1N)C(=O)N[C@@H](CCNC(=O)OC(C)(C)C)c1nc(Cc2ccccc2)no1. The fraction of sp³-hybridized carbons (Fsp3) is 0.444. The number of hydrogen-bond acceptors (Lipinski definition) is 11. The number of nitrogens with one attached hydrogen (secondary N) is 3. The van der Waals surface area contributed by atoms with E-state index in [2.05, 4.69) is 31.1 Å². The first-order valence-electron chi connectivity index (χ1n) is 16.9. The van der Waals surface area contributed by atoms with Crippen molar-refractivity contribution in [1.82, 2.24) is 35.6 Å². The van der Waals surface area contributed by atoms with E-state index in [0.717, 1.165) is 22.3 Å². The lowest BCUT2D eigenvalue weighted by Crippen LogP contribution is -2.53. The van der Waals surface area contributed by atoms with Gasteiger partial charge < -0.3 is 46.4 Å². The Morgan fingerprint density at radius 2 is 1.75 bits per heavy atom. The van der Waals surface area contributed by atoms with Gasteiger partial charge in [-0.15, -0.1) is 0 Å². The molecule has 0 aliphatic rings. The highest BCUT2D eigenvalue weighted by atomic mass is 16.6. The number of carbonyl (C=O) groups is 3. The van der Waals surface area contributed by atoms with E-state index in [1.165, 1.54) is 0 Å². The Morgan fingerprint density at radius 3 is 2.39 bits per heavy atom. The molecule has 2 aromatic carbocycles. The monoisotopic (exact) mass is 703 g/mol. The van der Waals surface area contributed by atoms with Crippen molar-refractivity contribution < 1.29 is 28.8 Å². The number of imidazole rings is 1. The van der Waals surface area contributed by atoms with Gasteiger partial charge >= 0.3 is 6.09 Å². The highest BCUT2D eigenvalue weighted by Gasteiger charge is 2.30. The minimum atomic E-state index is -1.07. The normalized spacial score (nSPS) is 13.2. The number of amides is 3. The van der Waals surface area contributed by atoms with Crippen molar-refractivity contribution in [2.75, 3.05) is 12.3 Å². The van der Waals surface area contributed by atoms with Gasteiger partial charge in [-0.2, -0.15) is 4.98 Å². The first kappa shape index (κ1) is 38.4. The Bertz CT molecular complexity index is 1740. The van der Waals surface area contributed by atoms with Crippen LogP contribution in [0.2, 0.25) is 0 Å². The van der Waals surface area contributed by atoms with E-state index in [1.54, 1.807) is 49.9 Å². The van der Waals surface area contributed by atoms with E-state index < -0.39 is 41.6 Å². The van der Waals surface area contributed by atoms with Gasteiger partial charge in [0.2, 0.25) is 17.7 Å². The van der Waals surface area contributed by atoms with Crippen LogP contribution in [-0.4, -0.2) is 66.9 Å². The first-order valence-corrected chi connectivity index (χ1v) is 16.9. The van der Waals surface area contributed by atoms with Gasteiger partial charge in [0, 0.05) is 38.3 Å². The Balaban J connectivity index is 1.53. The van der Waals surface area contributed by atoms with Crippen molar-refractivity contribution in [2.45, 2.75) is 97.0 Å². The molecule has 3 amide bonds. The van der Waals surface area contributed by atoms with Crippen LogP contribution in [0.15, 0.2) is 59.4 Å². The van der Waals surface area contributed by atoms with Crippen molar-refractivity contribution >= 4 is 23.9 Å². The fourth-order valence-corrected chi connectivity index (χ4v) is 5.55. The van der Waals surface area contributed by atoms with Crippen LogP contribution >= 0.6 is 0 Å². The molecule has 51 heavy (non-hydrogen) atoms. The quantitative estimate of drug-likeness (QED) is 0.0992. The van der Waals surface area contributed by atoms with E-state index in [-0.39, 0.29) is 31.0 Å². The zero-order valence-corrected chi connectivity index (χ0v) is 29.8. The number of phenolic OH excluding ortho intramolecular Hbond substituents is 1. The molecular formula is C36H49N9O6. The summed E-state index contributed by atoms with van der Waals surface area (Å²) in [5, 5.41) is 22.8. The molecule has 0 saturated heterocycles. The topological polar surface area (TPSA) is 226 Å². The molecule has 8 N–H and O–H groups in total. The predicted molar refractivity (Wildman–Crippen MR) is 190 cm³/mol. The van der Waals surface area contributed by atoms with Crippen LogP contribution in [0.25, 0.3) is 0 Å². The van der Waals surface area contributed by atoms with Crippen molar-refractivity contribution in [1.29, 1.82) is 0 Å². The lowest BCUT2D eigenvalue weighted by molar-refractivity contribution is -0.130. The molecule has 0 saturated carbocycles. The van der Waals surface area contributed by atoms with E-state index in [1.807, 2.05) is 44.2 Å². The third-order valence-electron chi connectivity index (χ3n) is 8.13. The Hall–Kier alpha value is -5.44. The molecule has 0 radical (unpaired) electrons. The number of ether oxygens (including phenoxy) is 1. The minimum absolute atomic E-state index is 0.0968. The maximum atomic E-state index is 14.1. The lowest BCUT2D eigenvalue weighted by Gasteiger charge is -2.25. The second kappa shape index (κ2) is 17.5. The molecule has 2 heterocycles. The summed E-state index contributed by atoms with van der Waals surface area (Å²) < 4.78 is 12.7. The maximum Gasteiger partial charge on any atom is 0.407 e. The van der Waals surface area contributed by atoms with E-state index in [0.29, 0.717) is 37.6 Å². The summed E-state index contributed by atoms with van der Waals surface area (Å²) >= 11 is 0. The third kappa shape index (κ3) is 11.8. The summed E-state index contributed by atoms with van der Waals surface area (Å²) in [7, 11) is 0. The highest BCUT2D eigenvalue weighted by molar-refractivity contribution is 5.90. The summed E-state index contributed by atoms with van der Waals surface area (Å²) in [5.74, 6) is -0.0159. The summed E-state index contributed by atoms with van der Waals surface area (Å²) in [6, 6.07) is 10.0. The van der Waals surface area contributed by atoms with Crippen LogP contribution in [0.5, 0.6) is 5.75 Å². The molecule has 0 unspecified atom stereocenters. The third-order valence-corrected chi connectivity index (χ3v) is 8.13. The summed E-state index contributed by atoms with van der Waals surface area (Å²) in [4.78, 5) is 48.5. The maximum absolute atomic E-state index is 14.1. The number of nitrogens with zero attached hydrogens (tertiary/aromatic N) is 4. The second-order valence-corrected chi connectivity index (χ2v) is 13.5. The number of alkyl carbamates (subject to hydrolysis) is 1. The van der Waals surface area contributed by atoms with Crippen molar-refractivity contribution in [3.8, 4) is 5.75 Å². The smallest absolute Gasteiger partial charge is 0.407 e. The van der Waals surface area contributed by atoms with Gasteiger partial charge in [0.1, 0.15) is 23.4 Å². The number of rotatable bonds is 16. The lowest BCUT2D eigenvalue weighted by atomic mass is 9.95. The molecule has 274 valence electrons. The van der Waals surface area contributed by atoms with Gasteiger partial charge in [-0.25, -0.2) is 9.78 Å². The van der Waals surface area contributed by atoms with Gasteiger partial charge in [-0.3, -0.25) is 9.59 Å². The largest absolute Gasteiger partial charge is 0.508 e. The number of aromatic hydroxyl groups is 1. The molecule has 15 nitrogen and oxygen atoms in total. The van der Waals surface area contributed by atoms with Crippen molar-refractivity contribution in [2.24, 2.45) is 5.73 Å². The molecule has 0 fully saturated rings. The van der Waals surface area contributed by atoms with Gasteiger partial charge in [0.05, 0.1) is 6.04 Å². The van der Waals surface area contributed by atoms with Crippen molar-refractivity contribution in [3.05, 3.63) is 88.8 Å². The van der Waals surface area contributed by atoms with Crippen LogP contribution in [0, 0.1) is 13.8 Å². The summed E-state index contributed by atoms with van der Waals surface area (Å²) in [6.07, 6.45) is 4.31. The van der Waals surface area contributed by atoms with Crippen LogP contribution in [0.1, 0.15) is 80.0 Å². The molecule has 4 rings (SSSR count). The average molecular weight is 704 g/mol. The van der Waals surface area contributed by atoms with Crippen LogP contribution < -0.4 is 27.4 Å². The van der Waals surface area contributed by atoms with E-state index >= 15 is 0 Å². The van der Waals surface area contributed by atoms with Gasteiger partial charge in [-0.05, 0) is 88.3 Å². The number of hydrogen-bond donors (Lipinski definition) is 6. The number of nitrogen functional groups attached to an aromatic ring is 1. The molecule has 0 aliphatic heterocycles.